The van der Waals surface area contributed by atoms with Gasteiger partial charge >= 0.3 is 6.09 Å². The molecule has 0 fully saturated rings. The minimum atomic E-state index is -0.852. The maximum Gasteiger partial charge on any atom is 0.408 e. The zero-order valence-corrected chi connectivity index (χ0v) is 23.3. The van der Waals surface area contributed by atoms with Gasteiger partial charge in [-0.3, -0.25) is 9.59 Å². The van der Waals surface area contributed by atoms with Gasteiger partial charge < -0.3 is 20.3 Å². The summed E-state index contributed by atoms with van der Waals surface area (Å²) >= 11 is 0. The summed E-state index contributed by atoms with van der Waals surface area (Å²) in [5.41, 5.74) is 0.613. The van der Waals surface area contributed by atoms with Crippen LogP contribution in [-0.4, -0.2) is 46.5 Å². The van der Waals surface area contributed by atoms with Crippen molar-refractivity contribution >= 4 is 17.9 Å². The van der Waals surface area contributed by atoms with Crippen LogP contribution in [0.2, 0.25) is 0 Å². The Morgan fingerprint density at radius 1 is 1.00 bits per heavy atom. The molecule has 2 atom stereocenters. The first kappa shape index (κ1) is 30.5. The maximum absolute atomic E-state index is 13.7. The fourth-order valence-corrected chi connectivity index (χ4v) is 3.80. The molecule has 1 rings (SSSR count). The molecule has 198 valence electrons. The zero-order valence-electron chi connectivity index (χ0n) is 23.3. The lowest BCUT2D eigenvalue weighted by Gasteiger charge is -2.35. The first-order chi connectivity index (χ1) is 16.1. The first-order valence-corrected chi connectivity index (χ1v) is 12.8. The predicted octanol–water partition coefficient (Wildman–Crippen LogP) is 5.66. The number of ether oxygens (including phenoxy) is 1. The summed E-state index contributed by atoms with van der Waals surface area (Å²) in [7, 11) is 0. The van der Waals surface area contributed by atoms with Gasteiger partial charge in [0.1, 0.15) is 17.7 Å². The number of rotatable bonds is 11. The number of carbonyl (C=O) groups excluding carboxylic acids is 3. The molecule has 2 N–H and O–H groups in total. The molecule has 0 aliphatic carbocycles. The maximum atomic E-state index is 13.7. The number of nitrogens with zero attached hydrogens (tertiary/aromatic N) is 1. The van der Waals surface area contributed by atoms with E-state index >= 15 is 0 Å². The summed E-state index contributed by atoms with van der Waals surface area (Å²) in [5.74, 6) is -0.559. The molecule has 3 amide bonds. The number of alkyl carbamates (subject to hydrolysis) is 1. The first-order valence-electron chi connectivity index (χ1n) is 12.8. The average Bonchev–Trinajstić information content (AvgIpc) is 2.69. The van der Waals surface area contributed by atoms with Crippen LogP contribution >= 0.6 is 0 Å². The van der Waals surface area contributed by atoms with Crippen LogP contribution in [0, 0.1) is 6.92 Å². The van der Waals surface area contributed by atoms with Gasteiger partial charge in [0, 0.05) is 12.1 Å². The smallest absolute Gasteiger partial charge is 0.408 e. The second-order valence-electron chi connectivity index (χ2n) is 11.4. The number of aryl methyl sites for hydroxylation is 1. The molecule has 2 unspecified atom stereocenters. The molecule has 35 heavy (non-hydrogen) atoms. The minimum Gasteiger partial charge on any atom is -0.444 e. The van der Waals surface area contributed by atoms with E-state index in [2.05, 4.69) is 17.6 Å². The summed E-state index contributed by atoms with van der Waals surface area (Å²) in [6.07, 6.45) is 4.42. The van der Waals surface area contributed by atoms with Crippen molar-refractivity contribution in [1.29, 1.82) is 0 Å². The Balaban J connectivity index is 3.31. The highest BCUT2D eigenvalue weighted by molar-refractivity contribution is 5.92. The van der Waals surface area contributed by atoms with Gasteiger partial charge in [-0.2, -0.15) is 0 Å². The third kappa shape index (κ3) is 11.6. The van der Waals surface area contributed by atoms with Gasteiger partial charge in [-0.25, -0.2) is 4.79 Å². The molecule has 0 saturated heterocycles. The van der Waals surface area contributed by atoms with Gasteiger partial charge in [0.2, 0.25) is 11.8 Å². The van der Waals surface area contributed by atoms with Gasteiger partial charge in [-0.15, -0.1) is 0 Å². The van der Waals surface area contributed by atoms with E-state index in [0.717, 1.165) is 43.2 Å². The van der Waals surface area contributed by atoms with Gasteiger partial charge in [0.25, 0.3) is 0 Å². The molecule has 1 aromatic carbocycles. The lowest BCUT2D eigenvalue weighted by molar-refractivity contribution is -0.142. The van der Waals surface area contributed by atoms with Crippen molar-refractivity contribution in [3.8, 4) is 0 Å². The Hall–Kier alpha value is -2.57. The van der Waals surface area contributed by atoms with E-state index in [1.165, 1.54) is 0 Å². The molecule has 0 radical (unpaired) electrons. The Morgan fingerprint density at radius 2 is 1.63 bits per heavy atom. The lowest BCUT2D eigenvalue weighted by Crippen LogP contribution is -2.54. The zero-order chi connectivity index (χ0) is 26.8. The molecule has 0 heterocycles. The summed E-state index contributed by atoms with van der Waals surface area (Å²) in [6, 6.07) is 6.02. The third-order valence-corrected chi connectivity index (χ3v) is 5.31. The number of carbonyl (C=O) groups is 3. The quantitative estimate of drug-likeness (QED) is 0.393. The summed E-state index contributed by atoms with van der Waals surface area (Å²) in [5, 5.41) is 5.70. The Labute approximate surface area is 212 Å². The van der Waals surface area contributed by atoms with Crippen LogP contribution in [0.3, 0.4) is 0 Å². The number of benzene rings is 1. The highest BCUT2D eigenvalue weighted by atomic mass is 16.6. The van der Waals surface area contributed by atoms with Crippen LogP contribution in [0.5, 0.6) is 0 Å². The minimum absolute atomic E-state index is 0.241. The monoisotopic (exact) mass is 489 g/mol. The standard InChI is InChI=1S/C28H47N3O4/c1-10-11-12-13-14-18-31(25(33)21(3)29-26(34)35-28(7,8)9)23(24(32)30-27(4,5)6)22-17-15-16-20(2)19-22/h15-17,19,21,23H,10-14,18H2,1-9H3,(H,29,34)(H,30,32). The number of amides is 3. The normalized spacial score (nSPS) is 13.5. The van der Waals surface area contributed by atoms with E-state index in [9.17, 15) is 14.4 Å². The Bertz CT molecular complexity index is 839. The molecule has 7 nitrogen and oxygen atoms in total. The molecule has 0 aliphatic heterocycles. The molecule has 0 saturated carbocycles. The largest absolute Gasteiger partial charge is 0.444 e. The van der Waals surface area contributed by atoms with E-state index in [1.54, 1.807) is 32.6 Å². The summed E-state index contributed by atoms with van der Waals surface area (Å²) in [4.78, 5) is 41.2. The molecule has 1 aromatic rings. The fraction of sp³-hybridized carbons (Fsp3) is 0.679. The lowest BCUT2D eigenvalue weighted by atomic mass is 9.99. The molecule has 0 aromatic heterocycles. The van der Waals surface area contributed by atoms with Gasteiger partial charge in [-0.05, 0) is 67.4 Å². The van der Waals surface area contributed by atoms with Gasteiger partial charge in [0.05, 0.1) is 0 Å². The van der Waals surface area contributed by atoms with Crippen LogP contribution in [-0.2, 0) is 14.3 Å². The topological polar surface area (TPSA) is 87.7 Å². The average molecular weight is 490 g/mol. The van der Waals surface area contributed by atoms with Crippen LogP contribution in [0.4, 0.5) is 4.79 Å². The molecular formula is C28H47N3O4. The molecule has 0 aliphatic rings. The third-order valence-electron chi connectivity index (χ3n) is 5.31. The number of nitrogens with one attached hydrogen (secondary N) is 2. The van der Waals surface area contributed by atoms with Crippen molar-refractivity contribution in [1.82, 2.24) is 15.5 Å². The molecule has 0 spiro atoms. The SMILES string of the molecule is CCCCCCCN(C(=O)C(C)NC(=O)OC(C)(C)C)C(C(=O)NC(C)(C)C)c1cccc(C)c1. The predicted molar refractivity (Wildman–Crippen MR) is 141 cm³/mol. The van der Waals surface area contributed by atoms with Crippen molar-refractivity contribution in [3.05, 3.63) is 35.4 Å². The Kier molecular flexibility index (Phi) is 11.7. The van der Waals surface area contributed by atoms with E-state index in [1.807, 2.05) is 52.0 Å². The van der Waals surface area contributed by atoms with Crippen molar-refractivity contribution in [2.24, 2.45) is 0 Å². The summed E-state index contributed by atoms with van der Waals surface area (Å²) < 4.78 is 5.34. The van der Waals surface area contributed by atoms with Gasteiger partial charge in [-0.1, -0.05) is 62.4 Å². The van der Waals surface area contributed by atoms with Crippen LogP contribution < -0.4 is 10.6 Å². The van der Waals surface area contributed by atoms with E-state index in [-0.39, 0.29) is 11.8 Å². The van der Waals surface area contributed by atoms with Crippen molar-refractivity contribution in [2.45, 2.75) is 118 Å². The molecular weight excluding hydrogens is 442 g/mol. The van der Waals surface area contributed by atoms with Crippen molar-refractivity contribution < 1.29 is 19.1 Å². The summed E-state index contributed by atoms with van der Waals surface area (Å²) in [6.45, 7) is 17.2. The van der Waals surface area contributed by atoms with Gasteiger partial charge in [0.15, 0.2) is 0 Å². The van der Waals surface area contributed by atoms with Crippen LogP contribution in [0.25, 0.3) is 0 Å². The van der Waals surface area contributed by atoms with Crippen LogP contribution in [0.1, 0.15) is 105 Å². The highest BCUT2D eigenvalue weighted by Gasteiger charge is 2.35. The highest BCUT2D eigenvalue weighted by Crippen LogP contribution is 2.25. The Morgan fingerprint density at radius 3 is 2.17 bits per heavy atom. The van der Waals surface area contributed by atoms with E-state index in [4.69, 9.17) is 4.74 Å². The van der Waals surface area contributed by atoms with Crippen molar-refractivity contribution in [2.75, 3.05) is 6.54 Å². The second-order valence-corrected chi connectivity index (χ2v) is 11.4. The number of unbranched alkanes of at least 4 members (excludes halogenated alkanes) is 4. The number of hydrogen-bond donors (Lipinski definition) is 2. The number of hydrogen-bond acceptors (Lipinski definition) is 4. The van der Waals surface area contributed by atoms with Crippen molar-refractivity contribution in [3.63, 3.8) is 0 Å². The van der Waals surface area contributed by atoms with E-state index < -0.39 is 29.3 Å². The molecule has 0 bridgehead atoms. The van der Waals surface area contributed by atoms with E-state index in [0.29, 0.717) is 6.54 Å². The van der Waals surface area contributed by atoms with Crippen LogP contribution in [0.15, 0.2) is 24.3 Å². The molecule has 7 heteroatoms. The second kappa shape index (κ2) is 13.5. The fourth-order valence-electron chi connectivity index (χ4n) is 3.80.